The van der Waals surface area contributed by atoms with Crippen LogP contribution in [0.15, 0.2) is 23.3 Å². The van der Waals surface area contributed by atoms with Crippen LogP contribution >= 0.6 is 0 Å². The normalized spacial score (nSPS) is 42.9. The fourth-order valence-electron chi connectivity index (χ4n) is 7.43. The summed E-state index contributed by atoms with van der Waals surface area (Å²) in [7, 11) is 0. The number of carbonyl (C=O) groups excluding carboxylic acids is 4. The van der Waals surface area contributed by atoms with E-state index in [2.05, 4.69) is 0 Å². The van der Waals surface area contributed by atoms with Gasteiger partial charge in [0.1, 0.15) is 18.3 Å². The molecule has 35 heavy (non-hydrogen) atoms. The largest absolute Gasteiger partial charge is 0.461 e. The molecule has 0 radical (unpaired) electrons. The van der Waals surface area contributed by atoms with Crippen LogP contribution in [0.3, 0.4) is 0 Å². The second-order valence-electron chi connectivity index (χ2n) is 11.2. The summed E-state index contributed by atoms with van der Waals surface area (Å²) >= 11 is 0. The molecule has 2 saturated carbocycles. The van der Waals surface area contributed by atoms with E-state index in [9.17, 15) is 29.4 Å². The molecule has 4 aliphatic carbocycles. The Bertz CT molecular complexity index is 1070. The molecule has 4 aliphatic rings. The maximum absolute atomic E-state index is 13.2. The first-order valence-electron chi connectivity index (χ1n) is 11.9. The van der Waals surface area contributed by atoms with Crippen molar-refractivity contribution in [3.8, 4) is 0 Å². The van der Waals surface area contributed by atoms with E-state index in [0.717, 1.165) is 0 Å². The number of hydrogen-bond acceptors (Lipinski definition) is 9. The van der Waals surface area contributed by atoms with Gasteiger partial charge in [0.2, 0.25) is 0 Å². The molecule has 2 fully saturated rings. The number of esters is 3. The third kappa shape index (κ3) is 3.27. The minimum atomic E-state index is -1.96. The van der Waals surface area contributed by atoms with E-state index in [1.54, 1.807) is 26.0 Å². The Hall–Kier alpha value is -2.52. The summed E-state index contributed by atoms with van der Waals surface area (Å²) < 4.78 is 16.9. The van der Waals surface area contributed by atoms with Crippen molar-refractivity contribution in [2.45, 2.75) is 77.8 Å². The fraction of sp³-hybridized carbons (Fsp3) is 0.692. The molecule has 8 atom stereocenters. The first-order valence-corrected chi connectivity index (χ1v) is 11.9. The zero-order valence-corrected chi connectivity index (χ0v) is 21.2. The van der Waals surface area contributed by atoms with E-state index in [4.69, 9.17) is 14.2 Å². The summed E-state index contributed by atoms with van der Waals surface area (Å²) in [5.74, 6) is -5.20. The third-order valence-electron chi connectivity index (χ3n) is 8.82. The number of carbonyl (C=O) groups is 4. The highest BCUT2D eigenvalue weighted by Gasteiger charge is 2.87. The Morgan fingerprint density at radius 2 is 1.69 bits per heavy atom. The van der Waals surface area contributed by atoms with Gasteiger partial charge in [-0.2, -0.15) is 0 Å². The van der Waals surface area contributed by atoms with Crippen molar-refractivity contribution < 1.29 is 43.6 Å². The monoisotopic (exact) mass is 490 g/mol. The van der Waals surface area contributed by atoms with E-state index >= 15 is 0 Å². The van der Waals surface area contributed by atoms with Gasteiger partial charge in [-0.05, 0) is 18.1 Å². The molecular weight excluding hydrogens is 456 g/mol. The fourth-order valence-corrected chi connectivity index (χ4v) is 7.43. The minimum absolute atomic E-state index is 0.130. The van der Waals surface area contributed by atoms with Crippen molar-refractivity contribution in [3.63, 3.8) is 0 Å². The van der Waals surface area contributed by atoms with Gasteiger partial charge >= 0.3 is 17.9 Å². The van der Waals surface area contributed by atoms with E-state index in [1.807, 2.05) is 13.8 Å². The maximum atomic E-state index is 13.2. The van der Waals surface area contributed by atoms with E-state index < -0.39 is 75.7 Å². The SMILES string of the molecule is CC(=O)OCC1=C[C@H]2C3C(C)(C)[C@]3(OC(C)=O)[C@H](OC(C)=O)[C@@H](C)[C@]2(O)[C@H]2C=C(C)C(=O)[C@@]2(O)C1. The number of aliphatic hydroxyl groups is 2. The molecule has 0 aromatic heterocycles. The van der Waals surface area contributed by atoms with Gasteiger partial charge in [-0.1, -0.05) is 32.9 Å². The summed E-state index contributed by atoms with van der Waals surface area (Å²) in [4.78, 5) is 49.1. The van der Waals surface area contributed by atoms with Crippen molar-refractivity contribution in [3.05, 3.63) is 23.3 Å². The second-order valence-corrected chi connectivity index (χ2v) is 11.2. The lowest BCUT2D eigenvalue weighted by Crippen LogP contribution is -2.66. The van der Waals surface area contributed by atoms with Gasteiger partial charge in [-0.3, -0.25) is 19.2 Å². The number of fused-ring (bicyclic) bond motifs is 5. The highest BCUT2D eigenvalue weighted by atomic mass is 16.6. The molecule has 0 heterocycles. The predicted molar refractivity (Wildman–Crippen MR) is 121 cm³/mol. The van der Waals surface area contributed by atoms with E-state index in [-0.39, 0.29) is 13.0 Å². The van der Waals surface area contributed by atoms with Crippen LogP contribution in [-0.4, -0.2) is 63.4 Å². The molecule has 0 bridgehead atoms. The molecule has 0 aliphatic heterocycles. The van der Waals surface area contributed by atoms with Crippen molar-refractivity contribution in [2.24, 2.45) is 29.1 Å². The first-order chi connectivity index (χ1) is 16.0. The van der Waals surface area contributed by atoms with Crippen LogP contribution in [0.25, 0.3) is 0 Å². The summed E-state index contributed by atoms with van der Waals surface area (Å²) in [5.41, 5.74) is -4.82. The Kier molecular flexibility index (Phi) is 5.65. The Labute approximate surface area is 204 Å². The number of ether oxygens (including phenoxy) is 3. The lowest BCUT2D eigenvalue weighted by atomic mass is 9.59. The maximum Gasteiger partial charge on any atom is 0.303 e. The summed E-state index contributed by atoms with van der Waals surface area (Å²) in [6.45, 7) is 10.7. The Morgan fingerprint density at radius 3 is 2.23 bits per heavy atom. The van der Waals surface area contributed by atoms with Crippen molar-refractivity contribution in [1.82, 2.24) is 0 Å². The van der Waals surface area contributed by atoms with Gasteiger partial charge in [-0.15, -0.1) is 0 Å². The molecule has 0 aromatic carbocycles. The molecule has 9 heteroatoms. The van der Waals surface area contributed by atoms with Gasteiger partial charge in [-0.25, -0.2) is 0 Å². The standard InChI is InChI=1S/C26H34O9/c1-12-8-19-24(31,21(12)30)10-17(11-33-14(3)27)9-18-20-23(6,7)26(20,35-16(5)29)22(34-15(4)28)13(2)25(18,19)32/h8-9,13,18-20,22,31-32H,10-11H2,1-7H3/t13-,18+,19+,20?,22-,24-,25-,26-/m1/s1. The highest BCUT2D eigenvalue weighted by Crippen LogP contribution is 2.77. The smallest absolute Gasteiger partial charge is 0.303 e. The van der Waals surface area contributed by atoms with Gasteiger partial charge in [0, 0.05) is 56.3 Å². The van der Waals surface area contributed by atoms with Gasteiger partial charge < -0.3 is 24.4 Å². The molecule has 9 nitrogen and oxygen atoms in total. The lowest BCUT2D eigenvalue weighted by Gasteiger charge is -2.53. The average molecular weight is 491 g/mol. The second kappa shape index (κ2) is 7.74. The molecule has 0 spiro atoms. The molecule has 2 N–H and O–H groups in total. The molecule has 0 aromatic rings. The third-order valence-corrected chi connectivity index (χ3v) is 8.82. The van der Waals surface area contributed by atoms with Crippen LogP contribution in [0, 0.1) is 29.1 Å². The summed E-state index contributed by atoms with van der Waals surface area (Å²) in [6, 6.07) is 0. The van der Waals surface area contributed by atoms with Crippen LogP contribution in [0.5, 0.6) is 0 Å². The lowest BCUT2D eigenvalue weighted by molar-refractivity contribution is -0.227. The van der Waals surface area contributed by atoms with Crippen LogP contribution in [0.4, 0.5) is 0 Å². The minimum Gasteiger partial charge on any atom is -0.461 e. The van der Waals surface area contributed by atoms with Gasteiger partial charge in [0.25, 0.3) is 0 Å². The predicted octanol–water partition coefficient (Wildman–Crippen LogP) is 1.64. The van der Waals surface area contributed by atoms with Crippen molar-refractivity contribution in [1.29, 1.82) is 0 Å². The van der Waals surface area contributed by atoms with Gasteiger partial charge in [0.05, 0.1) is 5.60 Å². The Morgan fingerprint density at radius 1 is 1.06 bits per heavy atom. The van der Waals surface area contributed by atoms with Crippen molar-refractivity contribution >= 4 is 23.7 Å². The van der Waals surface area contributed by atoms with Crippen LogP contribution in [-0.2, 0) is 33.4 Å². The molecule has 0 amide bonds. The van der Waals surface area contributed by atoms with E-state index in [1.165, 1.54) is 20.8 Å². The topological polar surface area (TPSA) is 136 Å². The summed E-state index contributed by atoms with van der Waals surface area (Å²) in [5, 5.41) is 24.3. The molecule has 4 rings (SSSR count). The van der Waals surface area contributed by atoms with Crippen molar-refractivity contribution in [2.75, 3.05) is 6.61 Å². The quantitative estimate of drug-likeness (QED) is 0.342. The number of hydrogen-bond donors (Lipinski definition) is 2. The highest BCUT2D eigenvalue weighted by molar-refractivity contribution is 6.04. The number of rotatable bonds is 4. The molecule has 192 valence electrons. The van der Waals surface area contributed by atoms with E-state index in [0.29, 0.717) is 11.1 Å². The zero-order valence-electron chi connectivity index (χ0n) is 21.2. The molecule has 1 unspecified atom stereocenters. The zero-order chi connectivity index (χ0) is 26.3. The average Bonchev–Trinajstić information content (AvgIpc) is 3.15. The van der Waals surface area contributed by atoms with Crippen LogP contribution < -0.4 is 0 Å². The van der Waals surface area contributed by atoms with Crippen LogP contribution in [0.1, 0.15) is 54.9 Å². The number of ketones is 1. The van der Waals surface area contributed by atoms with Crippen LogP contribution in [0.2, 0.25) is 0 Å². The number of Topliss-reactive ketones (excluding diaryl/α,β-unsaturated/α-hetero) is 1. The van der Waals surface area contributed by atoms with Gasteiger partial charge in [0.15, 0.2) is 11.4 Å². The first kappa shape index (κ1) is 25.6. The Balaban J connectivity index is 1.95. The molecule has 0 saturated heterocycles. The summed E-state index contributed by atoms with van der Waals surface area (Å²) in [6.07, 6.45) is 2.21. The molecular formula is C26H34O9.